The molecule has 5 atom stereocenters. The van der Waals surface area contributed by atoms with Gasteiger partial charge in [0.05, 0.1) is 31.0 Å². The number of epoxide rings is 1. The van der Waals surface area contributed by atoms with Crippen molar-refractivity contribution in [1.29, 1.82) is 0 Å². The van der Waals surface area contributed by atoms with E-state index >= 15 is 0 Å². The first-order valence-electron chi connectivity index (χ1n) is 8.62. The molecule has 27 heavy (non-hydrogen) atoms. The quantitative estimate of drug-likeness (QED) is 0.636. The van der Waals surface area contributed by atoms with Gasteiger partial charge in [0, 0.05) is 11.5 Å². The molecular formula is C19H19NO7. The summed E-state index contributed by atoms with van der Waals surface area (Å²) in [6.45, 7) is 1.90. The molecule has 2 amide bonds. The highest BCUT2D eigenvalue weighted by molar-refractivity contribution is 6.02. The van der Waals surface area contributed by atoms with Crippen molar-refractivity contribution in [3.63, 3.8) is 0 Å². The molecule has 8 nitrogen and oxygen atoms in total. The van der Waals surface area contributed by atoms with Gasteiger partial charge in [0.25, 0.3) is 12.2 Å². The Balaban J connectivity index is 1.47. The average Bonchev–Trinajstić information content (AvgIpc) is 3.22. The maximum atomic E-state index is 12.2. The van der Waals surface area contributed by atoms with E-state index in [1.165, 1.54) is 13.4 Å². The fourth-order valence-corrected chi connectivity index (χ4v) is 4.03. The number of benzene rings is 1. The minimum atomic E-state index is -0.968. The van der Waals surface area contributed by atoms with E-state index in [9.17, 15) is 14.4 Å². The lowest BCUT2D eigenvalue weighted by atomic mass is 9.82. The molecular weight excluding hydrogens is 354 g/mol. The standard InChI is InChI=1S/C19H19NO7/c1-19-13(27-19)8-11-12(16(22)24-2)9-25-17(14(11)19)26-18(23)20-15(21)10-6-4-3-5-7-10/h3-7,9,11,13-14,17H,8H2,1-2H3,(H,20,21,23)/t11-,13+,14+,17-,19+/m1/s1. The Bertz CT molecular complexity index is 821. The van der Waals surface area contributed by atoms with Crippen LogP contribution < -0.4 is 5.32 Å². The zero-order chi connectivity index (χ0) is 19.2. The summed E-state index contributed by atoms with van der Waals surface area (Å²) in [6.07, 6.45) is -0.0180. The second-order valence-electron chi connectivity index (χ2n) is 6.95. The molecule has 2 fully saturated rings. The third-order valence-electron chi connectivity index (χ3n) is 5.46. The number of amides is 2. The van der Waals surface area contributed by atoms with Crippen molar-refractivity contribution in [1.82, 2.24) is 5.32 Å². The minimum absolute atomic E-state index is 0.0256. The van der Waals surface area contributed by atoms with Crippen LogP contribution in [0.4, 0.5) is 4.79 Å². The summed E-state index contributed by atoms with van der Waals surface area (Å²) in [5.41, 5.74) is 0.204. The van der Waals surface area contributed by atoms with Crippen LogP contribution in [-0.4, -0.2) is 43.1 Å². The number of ether oxygens (including phenoxy) is 4. The Morgan fingerprint density at radius 3 is 2.67 bits per heavy atom. The second-order valence-corrected chi connectivity index (χ2v) is 6.95. The molecule has 1 N–H and O–H groups in total. The van der Waals surface area contributed by atoms with E-state index in [0.29, 0.717) is 17.6 Å². The molecule has 8 heteroatoms. The van der Waals surface area contributed by atoms with E-state index < -0.39 is 29.9 Å². The molecule has 1 saturated heterocycles. The van der Waals surface area contributed by atoms with Crippen molar-refractivity contribution in [3.8, 4) is 0 Å². The van der Waals surface area contributed by atoms with Gasteiger partial charge < -0.3 is 18.9 Å². The van der Waals surface area contributed by atoms with E-state index in [1.807, 2.05) is 6.92 Å². The summed E-state index contributed by atoms with van der Waals surface area (Å²) in [6, 6.07) is 8.32. The van der Waals surface area contributed by atoms with Crippen molar-refractivity contribution < 1.29 is 33.3 Å². The zero-order valence-corrected chi connectivity index (χ0v) is 14.8. The van der Waals surface area contributed by atoms with Crippen molar-refractivity contribution in [2.45, 2.75) is 31.3 Å². The van der Waals surface area contributed by atoms with Crippen LogP contribution in [0.15, 0.2) is 42.2 Å². The molecule has 1 saturated carbocycles. The fourth-order valence-electron chi connectivity index (χ4n) is 4.03. The SMILES string of the molecule is COC(=O)C1=CO[C@H](OC(=O)NC(=O)c2ccccc2)[C@@H]2[C@@H]1C[C@@H]1O[C@]21C. The first kappa shape index (κ1) is 17.5. The number of hydrogen-bond donors (Lipinski definition) is 1. The van der Waals surface area contributed by atoms with Gasteiger partial charge in [0.1, 0.15) is 5.60 Å². The predicted molar refractivity (Wildman–Crippen MR) is 90.2 cm³/mol. The fraction of sp³-hybridized carbons (Fsp3) is 0.421. The van der Waals surface area contributed by atoms with Gasteiger partial charge in [-0.05, 0) is 25.5 Å². The van der Waals surface area contributed by atoms with Crippen LogP contribution in [-0.2, 0) is 23.7 Å². The third kappa shape index (κ3) is 2.95. The molecule has 1 aromatic rings. The Labute approximate surface area is 155 Å². The zero-order valence-electron chi connectivity index (χ0n) is 14.8. The summed E-state index contributed by atoms with van der Waals surface area (Å²) >= 11 is 0. The van der Waals surface area contributed by atoms with Gasteiger partial charge in [-0.2, -0.15) is 0 Å². The first-order chi connectivity index (χ1) is 12.9. The van der Waals surface area contributed by atoms with E-state index in [0.717, 1.165) is 0 Å². The van der Waals surface area contributed by atoms with Crippen molar-refractivity contribution in [2.24, 2.45) is 11.8 Å². The first-order valence-corrected chi connectivity index (χ1v) is 8.62. The van der Waals surface area contributed by atoms with E-state index in [4.69, 9.17) is 18.9 Å². The summed E-state index contributed by atoms with van der Waals surface area (Å²) < 4.78 is 21.4. The number of fused-ring (bicyclic) bond motifs is 3. The lowest BCUT2D eigenvalue weighted by Crippen LogP contribution is -2.45. The van der Waals surface area contributed by atoms with Crippen LogP contribution >= 0.6 is 0 Å². The number of imide groups is 1. The molecule has 2 aliphatic heterocycles. The second kappa shape index (κ2) is 6.38. The minimum Gasteiger partial charge on any atom is -0.466 e. The average molecular weight is 373 g/mol. The van der Waals surface area contributed by atoms with Crippen molar-refractivity contribution >= 4 is 18.0 Å². The summed E-state index contributed by atoms with van der Waals surface area (Å²) in [7, 11) is 1.30. The highest BCUT2D eigenvalue weighted by Gasteiger charge is 2.71. The number of rotatable bonds is 3. The smallest absolute Gasteiger partial charge is 0.417 e. The maximum Gasteiger partial charge on any atom is 0.417 e. The van der Waals surface area contributed by atoms with Crippen molar-refractivity contribution in [2.75, 3.05) is 7.11 Å². The summed E-state index contributed by atoms with van der Waals surface area (Å²) in [5, 5.41) is 2.18. The van der Waals surface area contributed by atoms with Gasteiger partial charge in [0.2, 0.25) is 0 Å². The van der Waals surface area contributed by atoms with Crippen LogP contribution in [0.2, 0.25) is 0 Å². The number of hydrogen-bond acceptors (Lipinski definition) is 7. The maximum absolute atomic E-state index is 12.2. The molecule has 3 aliphatic rings. The van der Waals surface area contributed by atoms with Crippen LogP contribution in [0, 0.1) is 11.8 Å². The molecule has 1 aliphatic carbocycles. The number of carbonyl (C=O) groups is 3. The van der Waals surface area contributed by atoms with Gasteiger partial charge in [0.15, 0.2) is 0 Å². The molecule has 0 bridgehead atoms. The largest absolute Gasteiger partial charge is 0.466 e. The molecule has 4 rings (SSSR count). The molecule has 142 valence electrons. The number of carbonyl (C=O) groups excluding carboxylic acids is 3. The Hall–Kier alpha value is -2.87. The van der Waals surface area contributed by atoms with E-state index in [1.54, 1.807) is 30.3 Å². The normalized spacial score (nSPS) is 32.9. The molecule has 0 spiro atoms. The Morgan fingerprint density at radius 1 is 1.22 bits per heavy atom. The molecule has 0 unspecified atom stereocenters. The Morgan fingerprint density at radius 2 is 1.96 bits per heavy atom. The lowest BCUT2D eigenvalue weighted by molar-refractivity contribution is -0.150. The van der Waals surface area contributed by atoms with Gasteiger partial charge in [-0.25, -0.2) is 9.59 Å². The van der Waals surface area contributed by atoms with Gasteiger partial charge in [-0.1, -0.05) is 18.2 Å². The van der Waals surface area contributed by atoms with Crippen LogP contribution in [0.3, 0.4) is 0 Å². The van der Waals surface area contributed by atoms with Gasteiger partial charge >= 0.3 is 12.1 Å². The highest BCUT2D eigenvalue weighted by atomic mass is 16.7. The van der Waals surface area contributed by atoms with Gasteiger partial charge in [-0.15, -0.1) is 0 Å². The predicted octanol–water partition coefficient (Wildman–Crippen LogP) is 1.76. The summed E-state index contributed by atoms with van der Waals surface area (Å²) in [4.78, 5) is 36.3. The number of nitrogens with one attached hydrogen (secondary N) is 1. The van der Waals surface area contributed by atoms with E-state index in [2.05, 4.69) is 5.32 Å². The van der Waals surface area contributed by atoms with Gasteiger partial charge in [-0.3, -0.25) is 10.1 Å². The van der Waals surface area contributed by atoms with Crippen LogP contribution in [0.1, 0.15) is 23.7 Å². The Kier molecular flexibility index (Phi) is 4.15. The molecule has 1 aromatic carbocycles. The number of methoxy groups -OCH3 is 1. The van der Waals surface area contributed by atoms with Crippen LogP contribution in [0.5, 0.6) is 0 Å². The summed E-state index contributed by atoms with van der Waals surface area (Å²) in [5.74, 6) is -1.61. The highest BCUT2D eigenvalue weighted by Crippen LogP contribution is 2.60. The lowest BCUT2D eigenvalue weighted by Gasteiger charge is -2.35. The third-order valence-corrected chi connectivity index (χ3v) is 5.46. The number of esters is 1. The molecule has 0 aromatic heterocycles. The van der Waals surface area contributed by atoms with Crippen molar-refractivity contribution in [3.05, 3.63) is 47.7 Å². The van der Waals surface area contributed by atoms with E-state index in [-0.39, 0.29) is 17.9 Å². The molecule has 2 heterocycles. The molecule has 0 radical (unpaired) electrons. The monoisotopic (exact) mass is 373 g/mol. The number of alkyl carbamates (subject to hydrolysis) is 1. The van der Waals surface area contributed by atoms with Crippen LogP contribution in [0.25, 0.3) is 0 Å². The topological polar surface area (TPSA) is 103 Å².